The predicted molar refractivity (Wildman–Crippen MR) is 96.5 cm³/mol. The Hall–Kier alpha value is -2.10. The predicted octanol–water partition coefficient (Wildman–Crippen LogP) is 2.30. The van der Waals surface area contributed by atoms with Gasteiger partial charge in [-0.1, -0.05) is 0 Å². The van der Waals surface area contributed by atoms with Gasteiger partial charge in [0.2, 0.25) is 10.0 Å². The highest BCUT2D eigenvalue weighted by Crippen LogP contribution is 2.35. The smallest absolute Gasteiger partial charge is 0.349 e. The van der Waals surface area contributed by atoms with Gasteiger partial charge in [-0.15, -0.1) is 11.3 Å². The van der Waals surface area contributed by atoms with E-state index < -0.39 is 16.0 Å². The lowest BCUT2D eigenvalue weighted by Crippen LogP contribution is -2.36. The van der Waals surface area contributed by atoms with Crippen molar-refractivity contribution in [1.29, 1.82) is 0 Å². The number of benzene rings is 1. The number of ether oxygens (including phenoxy) is 3. The molecular weight excluding hydrogens is 378 g/mol. The third kappa shape index (κ3) is 3.17. The topological polar surface area (TPSA) is 82.1 Å². The van der Waals surface area contributed by atoms with E-state index in [-0.39, 0.29) is 16.3 Å². The highest BCUT2D eigenvalue weighted by atomic mass is 32.2. The summed E-state index contributed by atoms with van der Waals surface area (Å²) in [5, 5.41) is 1.57. The summed E-state index contributed by atoms with van der Waals surface area (Å²) in [7, 11) is 0.521. The van der Waals surface area contributed by atoms with Gasteiger partial charge in [0.15, 0.2) is 11.5 Å². The Bertz CT molecular complexity index is 935. The van der Waals surface area contributed by atoms with Crippen molar-refractivity contribution in [3.63, 3.8) is 0 Å². The summed E-state index contributed by atoms with van der Waals surface area (Å²) < 4.78 is 42.8. The highest BCUT2D eigenvalue weighted by Gasteiger charge is 2.33. The van der Waals surface area contributed by atoms with Crippen LogP contribution in [0.4, 0.5) is 0 Å². The Kier molecular flexibility index (Phi) is 5.22. The van der Waals surface area contributed by atoms with Gasteiger partial charge in [0.25, 0.3) is 0 Å². The summed E-state index contributed by atoms with van der Waals surface area (Å²) in [5.41, 5.74) is 1.87. The Balaban J connectivity index is 1.95. The molecule has 0 bridgehead atoms. The van der Waals surface area contributed by atoms with Crippen molar-refractivity contribution in [1.82, 2.24) is 4.31 Å². The molecule has 1 aromatic carbocycles. The molecular formula is C17H19NO6S2. The van der Waals surface area contributed by atoms with Crippen LogP contribution in [0.3, 0.4) is 0 Å². The van der Waals surface area contributed by atoms with E-state index in [1.807, 2.05) is 6.07 Å². The number of esters is 1. The zero-order valence-corrected chi connectivity index (χ0v) is 16.3. The van der Waals surface area contributed by atoms with Crippen molar-refractivity contribution < 1.29 is 27.4 Å². The van der Waals surface area contributed by atoms with Gasteiger partial charge in [0.1, 0.15) is 9.77 Å². The van der Waals surface area contributed by atoms with Crippen LogP contribution in [0.1, 0.15) is 20.8 Å². The van der Waals surface area contributed by atoms with E-state index in [9.17, 15) is 13.2 Å². The molecule has 2 heterocycles. The first kappa shape index (κ1) is 18.7. The van der Waals surface area contributed by atoms with Crippen LogP contribution in [0.25, 0.3) is 0 Å². The third-order valence-corrected chi connectivity index (χ3v) is 7.21. The van der Waals surface area contributed by atoms with Crippen LogP contribution in [0.15, 0.2) is 28.5 Å². The Morgan fingerprint density at radius 2 is 1.77 bits per heavy atom. The number of rotatable bonds is 5. The molecule has 2 aromatic rings. The van der Waals surface area contributed by atoms with Gasteiger partial charge in [0, 0.05) is 13.1 Å². The van der Waals surface area contributed by atoms with Gasteiger partial charge in [-0.05, 0) is 41.1 Å². The molecule has 0 atom stereocenters. The van der Waals surface area contributed by atoms with Gasteiger partial charge < -0.3 is 14.2 Å². The second-order valence-electron chi connectivity index (χ2n) is 5.67. The lowest BCUT2D eigenvalue weighted by molar-refractivity contribution is 0.0602. The van der Waals surface area contributed by atoms with E-state index in [0.29, 0.717) is 24.5 Å². The molecule has 0 saturated heterocycles. The minimum atomic E-state index is -3.81. The van der Waals surface area contributed by atoms with Gasteiger partial charge in [-0.25, -0.2) is 13.2 Å². The summed E-state index contributed by atoms with van der Waals surface area (Å²) in [4.78, 5) is 11.9. The molecule has 0 amide bonds. The number of carbonyl (C=O) groups is 1. The fourth-order valence-corrected chi connectivity index (χ4v) is 5.67. The summed E-state index contributed by atoms with van der Waals surface area (Å²) in [6.07, 6.45) is 0.548. The van der Waals surface area contributed by atoms with Gasteiger partial charge in [-0.2, -0.15) is 4.31 Å². The summed E-state index contributed by atoms with van der Waals surface area (Å²) in [5.74, 6) is 0.520. The number of hydrogen-bond donors (Lipinski definition) is 0. The van der Waals surface area contributed by atoms with Crippen LogP contribution in [0.2, 0.25) is 0 Å². The largest absolute Gasteiger partial charge is 0.493 e. The molecule has 26 heavy (non-hydrogen) atoms. The van der Waals surface area contributed by atoms with Crippen molar-refractivity contribution >= 4 is 27.3 Å². The minimum absolute atomic E-state index is 0.0155. The van der Waals surface area contributed by atoms with E-state index >= 15 is 0 Å². The van der Waals surface area contributed by atoms with Crippen molar-refractivity contribution in [2.45, 2.75) is 17.9 Å². The molecule has 140 valence electrons. The number of fused-ring (bicyclic) bond motifs is 1. The molecule has 0 radical (unpaired) electrons. The van der Waals surface area contributed by atoms with Crippen LogP contribution in [0, 0.1) is 0 Å². The SMILES string of the molecule is COC(=O)c1sccc1S(=O)(=O)N1CCc2cc(OC)c(OC)cc2C1. The number of sulfonamides is 1. The standard InChI is InChI=1S/C17H19NO6S2/c1-22-13-8-11-4-6-18(10-12(11)9-14(13)23-2)26(20,21)15-5-7-25-16(15)17(19)24-3/h5,7-9H,4,6,10H2,1-3H3. The number of carbonyl (C=O) groups excluding carboxylic acids is 1. The van der Waals surface area contributed by atoms with Gasteiger partial charge in [-0.3, -0.25) is 0 Å². The van der Waals surface area contributed by atoms with E-state index in [0.717, 1.165) is 22.5 Å². The molecule has 0 aliphatic carbocycles. The number of hydrogen-bond acceptors (Lipinski definition) is 7. The molecule has 0 fully saturated rings. The quantitative estimate of drug-likeness (QED) is 0.720. The van der Waals surface area contributed by atoms with Crippen LogP contribution in [-0.2, 0) is 27.7 Å². The molecule has 1 aliphatic rings. The van der Waals surface area contributed by atoms with E-state index in [2.05, 4.69) is 4.74 Å². The summed E-state index contributed by atoms with van der Waals surface area (Å²) in [6, 6.07) is 5.11. The molecule has 0 spiro atoms. The number of nitrogens with zero attached hydrogens (tertiary/aromatic N) is 1. The van der Waals surface area contributed by atoms with E-state index in [1.54, 1.807) is 18.6 Å². The van der Waals surface area contributed by atoms with Gasteiger partial charge in [0.05, 0.1) is 21.3 Å². The molecule has 1 aliphatic heterocycles. The van der Waals surface area contributed by atoms with Crippen LogP contribution in [0.5, 0.6) is 11.5 Å². The lowest BCUT2D eigenvalue weighted by Gasteiger charge is -2.28. The molecule has 3 rings (SSSR count). The molecule has 0 unspecified atom stereocenters. The first-order chi connectivity index (χ1) is 12.4. The van der Waals surface area contributed by atoms with E-state index in [4.69, 9.17) is 9.47 Å². The second-order valence-corrected chi connectivity index (χ2v) is 8.49. The first-order valence-corrected chi connectivity index (χ1v) is 10.1. The maximum atomic E-state index is 13.0. The number of methoxy groups -OCH3 is 3. The van der Waals surface area contributed by atoms with Gasteiger partial charge >= 0.3 is 5.97 Å². The third-order valence-electron chi connectivity index (χ3n) is 4.30. The van der Waals surface area contributed by atoms with Crippen LogP contribution in [-0.4, -0.2) is 46.6 Å². The Morgan fingerprint density at radius 1 is 1.12 bits per heavy atom. The zero-order valence-electron chi connectivity index (χ0n) is 14.6. The molecule has 0 N–H and O–H groups in total. The fourth-order valence-electron chi connectivity index (χ4n) is 2.94. The van der Waals surface area contributed by atoms with Crippen LogP contribution >= 0.6 is 11.3 Å². The van der Waals surface area contributed by atoms with Crippen molar-refractivity contribution in [3.05, 3.63) is 39.6 Å². The monoisotopic (exact) mass is 397 g/mol. The second kappa shape index (κ2) is 7.26. The van der Waals surface area contributed by atoms with Crippen molar-refractivity contribution in [2.24, 2.45) is 0 Å². The normalized spacial score (nSPS) is 14.6. The Morgan fingerprint density at radius 3 is 2.38 bits per heavy atom. The molecule has 9 heteroatoms. The lowest BCUT2D eigenvalue weighted by atomic mass is 10.0. The summed E-state index contributed by atoms with van der Waals surface area (Å²) in [6.45, 7) is 0.524. The average Bonchev–Trinajstić information content (AvgIpc) is 3.16. The zero-order chi connectivity index (χ0) is 18.9. The average molecular weight is 397 g/mol. The molecule has 0 saturated carbocycles. The maximum absolute atomic E-state index is 13.0. The van der Waals surface area contributed by atoms with Crippen molar-refractivity contribution in [2.75, 3.05) is 27.9 Å². The van der Waals surface area contributed by atoms with Crippen LogP contribution < -0.4 is 9.47 Å². The maximum Gasteiger partial charge on any atom is 0.349 e. The minimum Gasteiger partial charge on any atom is -0.493 e. The highest BCUT2D eigenvalue weighted by molar-refractivity contribution is 7.89. The van der Waals surface area contributed by atoms with Crippen molar-refractivity contribution in [3.8, 4) is 11.5 Å². The molecule has 1 aromatic heterocycles. The van der Waals surface area contributed by atoms with E-state index in [1.165, 1.54) is 24.6 Å². The first-order valence-electron chi connectivity index (χ1n) is 7.82. The Labute approximate surface area is 156 Å². The number of thiophene rings is 1. The summed E-state index contributed by atoms with van der Waals surface area (Å²) >= 11 is 1.05. The fraction of sp³-hybridized carbons (Fsp3) is 0.353. The molecule has 7 nitrogen and oxygen atoms in total.